The molecule has 0 radical (unpaired) electrons. The van der Waals surface area contributed by atoms with Crippen molar-refractivity contribution in [2.24, 2.45) is 5.92 Å². The first-order chi connectivity index (χ1) is 20.0. The average molecular weight is 573 g/mol. The molecule has 5 rings (SSSR count). The normalized spacial score (nSPS) is 21.1. The zero-order valence-corrected chi connectivity index (χ0v) is 24.6. The molecule has 0 saturated carbocycles. The molecule has 10 heteroatoms. The van der Waals surface area contributed by atoms with Gasteiger partial charge in [0, 0.05) is 17.4 Å². The molecule has 0 aliphatic carbocycles. The van der Waals surface area contributed by atoms with E-state index in [4.69, 9.17) is 23.5 Å². The number of rotatable bonds is 9. The maximum Gasteiger partial charge on any atom is 0.498 e. The Morgan fingerprint density at radius 3 is 2.31 bits per heavy atom. The Morgan fingerprint density at radius 2 is 1.64 bits per heavy atom. The second-order valence-corrected chi connectivity index (χ2v) is 11.9. The number of carbonyl (C=O) groups is 1. The predicted octanol–water partition coefficient (Wildman–Crippen LogP) is 5.37. The Balaban J connectivity index is 1.32. The van der Waals surface area contributed by atoms with Gasteiger partial charge in [0.25, 0.3) is 0 Å². The number of methoxy groups -OCH3 is 1. The van der Waals surface area contributed by atoms with E-state index in [9.17, 15) is 14.9 Å². The van der Waals surface area contributed by atoms with Crippen molar-refractivity contribution < 1.29 is 33.2 Å². The van der Waals surface area contributed by atoms with E-state index >= 15 is 0 Å². The lowest BCUT2D eigenvalue weighted by Crippen LogP contribution is -2.41. The van der Waals surface area contributed by atoms with Crippen LogP contribution in [0.2, 0.25) is 0 Å². The van der Waals surface area contributed by atoms with Crippen LogP contribution in [0, 0.1) is 16.0 Å². The summed E-state index contributed by atoms with van der Waals surface area (Å²) in [5.74, 6) is 0.0109. The molecule has 2 saturated heterocycles. The van der Waals surface area contributed by atoms with Crippen LogP contribution in [0.25, 0.3) is 0 Å². The van der Waals surface area contributed by atoms with Crippen molar-refractivity contribution in [2.45, 2.75) is 64.3 Å². The number of esters is 1. The van der Waals surface area contributed by atoms with Gasteiger partial charge in [-0.3, -0.25) is 14.9 Å². The molecule has 2 aliphatic heterocycles. The van der Waals surface area contributed by atoms with Gasteiger partial charge in [0.1, 0.15) is 12.4 Å². The van der Waals surface area contributed by atoms with Gasteiger partial charge in [-0.25, -0.2) is 0 Å². The number of hydrogen-bond acceptors (Lipinski definition) is 8. The lowest BCUT2D eigenvalue weighted by atomic mass is 9.75. The zero-order chi connectivity index (χ0) is 30.1. The summed E-state index contributed by atoms with van der Waals surface area (Å²) in [5.41, 5.74) is 2.20. The van der Waals surface area contributed by atoms with Gasteiger partial charge < -0.3 is 23.5 Å². The molecule has 1 unspecified atom stereocenters. The third kappa shape index (κ3) is 6.15. The van der Waals surface area contributed by atoms with Crippen LogP contribution in [-0.4, -0.2) is 42.9 Å². The number of cyclic esters (lactones) is 1. The van der Waals surface area contributed by atoms with Gasteiger partial charge in [0.05, 0.1) is 35.8 Å². The van der Waals surface area contributed by atoms with Crippen LogP contribution in [-0.2, 0) is 31.9 Å². The molecule has 42 heavy (non-hydrogen) atoms. The molecule has 2 fully saturated rings. The van der Waals surface area contributed by atoms with Crippen molar-refractivity contribution in [1.29, 1.82) is 0 Å². The number of nitrogens with zero attached hydrogens (tertiary/aromatic N) is 1. The van der Waals surface area contributed by atoms with Gasteiger partial charge in [-0.05, 0) is 69.4 Å². The second-order valence-electron chi connectivity index (χ2n) is 11.9. The third-order valence-corrected chi connectivity index (χ3v) is 8.50. The highest BCUT2D eigenvalue weighted by molar-refractivity contribution is 6.63. The van der Waals surface area contributed by atoms with Gasteiger partial charge in [0.2, 0.25) is 0 Å². The predicted molar refractivity (Wildman–Crippen MR) is 158 cm³/mol. The van der Waals surface area contributed by atoms with Crippen LogP contribution in [0.15, 0.2) is 66.7 Å². The van der Waals surface area contributed by atoms with E-state index in [1.54, 1.807) is 19.2 Å². The van der Waals surface area contributed by atoms with Crippen molar-refractivity contribution in [3.63, 3.8) is 0 Å². The van der Waals surface area contributed by atoms with Crippen molar-refractivity contribution in [1.82, 2.24) is 0 Å². The van der Waals surface area contributed by atoms with Gasteiger partial charge in [-0.1, -0.05) is 48.5 Å². The standard InChI is InChI=1S/C32H36BNO8/c1-31(2)32(3,4)42-33(41-31)26-18-23(12-14-28(26)38-5)25-17-24(30(35)40-20-25)15-22-11-13-29(27(16-22)34(36)37)39-19-21-9-7-6-8-10-21/h6-14,16,18,24-25H,15,17,19-20H2,1-5H3/t24?,25-/m1/s1. The summed E-state index contributed by atoms with van der Waals surface area (Å²) in [6.45, 7) is 8.47. The monoisotopic (exact) mass is 573 g/mol. The summed E-state index contributed by atoms with van der Waals surface area (Å²) < 4.78 is 29.6. The largest absolute Gasteiger partial charge is 0.498 e. The quantitative estimate of drug-likeness (QED) is 0.146. The number of benzene rings is 3. The van der Waals surface area contributed by atoms with Gasteiger partial charge in [0.15, 0.2) is 5.75 Å². The maximum absolute atomic E-state index is 12.8. The van der Waals surface area contributed by atoms with Crippen LogP contribution >= 0.6 is 0 Å². The highest BCUT2D eigenvalue weighted by atomic mass is 16.7. The Morgan fingerprint density at radius 1 is 0.952 bits per heavy atom. The molecule has 2 aliphatic rings. The van der Waals surface area contributed by atoms with E-state index in [-0.39, 0.29) is 36.5 Å². The summed E-state index contributed by atoms with van der Waals surface area (Å²) in [7, 11) is 1.01. The van der Waals surface area contributed by atoms with E-state index in [0.29, 0.717) is 24.2 Å². The van der Waals surface area contributed by atoms with Gasteiger partial charge in [-0.15, -0.1) is 0 Å². The van der Waals surface area contributed by atoms with E-state index in [1.165, 1.54) is 6.07 Å². The van der Waals surface area contributed by atoms with Crippen molar-refractivity contribution in [2.75, 3.05) is 13.7 Å². The smallest absolute Gasteiger partial charge is 0.497 e. The highest BCUT2D eigenvalue weighted by Gasteiger charge is 2.52. The molecule has 3 aromatic rings. The Bertz CT molecular complexity index is 1440. The molecular formula is C32H36BNO8. The Kier molecular flexibility index (Phi) is 8.30. The van der Waals surface area contributed by atoms with E-state index in [1.807, 2.05) is 76.2 Å². The van der Waals surface area contributed by atoms with Crippen LogP contribution in [0.3, 0.4) is 0 Å². The van der Waals surface area contributed by atoms with Crippen LogP contribution in [0.5, 0.6) is 11.5 Å². The fourth-order valence-electron chi connectivity index (χ4n) is 5.34. The number of hydrogen-bond donors (Lipinski definition) is 0. The van der Waals surface area contributed by atoms with E-state index in [2.05, 4.69) is 0 Å². The molecule has 0 aromatic heterocycles. The number of ether oxygens (including phenoxy) is 3. The zero-order valence-electron chi connectivity index (χ0n) is 24.6. The third-order valence-electron chi connectivity index (χ3n) is 8.50. The number of nitro benzene ring substituents is 1. The summed E-state index contributed by atoms with van der Waals surface area (Å²) in [4.78, 5) is 24.2. The summed E-state index contributed by atoms with van der Waals surface area (Å²) in [6.07, 6.45) is 0.851. The SMILES string of the molecule is COc1ccc([C@H]2COC(=O)C(Cc3ccc(OCc4ccccc4)c([N+](=O)[O-])c3)C2)cc1B1OC(C)(C)C(C)(C)O1. The summed E-state index contributed by atoms with van der Waals surface area (Å²) >= 11 is 0. The molecule has 0 N–H and O–H groups in total. The fraction of sp³-hybridized carbons (Fsp3) is 0.406. The van der Waals surface area contributed by atoms with Crippen molar-refractivity contribution >= 4 is 24.2 Å². The lowest BCUT2D eigenvalue weighted by Gasteiger charge is -2.32. The maximum atomic E-state index is 12.8. The second kappa shape index (κ2) is 11.8. The average Bonchev–Trinajstić information content (AvgIpc) is 3.19. The molecule has 0 bridgehead atoms. The van der Waals surface area contributed by atoms with Crippen LogP contribution in [0.4, 0.5) is 5.69 Å². The minimum atomic E-state index is -0.602. The fourth-order valence-corrected chi connectivity index (χ4v) is 5.34. The van der Waals surface area contributed by atoms with Crippen molar-refractivity contribution in [3.05, 3.63) is 93.5 Å². The molecule has 0 spiro atoms. The number of carbonyl (C=O) groups excluding carboxylic acids is 1. The molecule has 9 nitrogen and oxygen atoms in total. The van der Waals surface area contributed by atoms with Crippen LogP contribution in [0.1, 0.15) is 56.7 Å². The van der Waals surface area contributed by atoms with E-state index < -0.39 is 29.2 Å². The Labute approximate surface area is 246 Å². The summed E-state index contributed by atoms with van der Waals surface area (Å²) in [6, 6.07) is 20.2. The molecule has 2 heterocycles. The first kappa shape index (κ1) is 29.6. The molecular weight excluding hydrogens is 537 g/mol. The molecule has 220 valence electrons. The minimum Gasteiger partial charge on any atom is -0.497 e. The Hall–Kier alpha value is -3.89. The van der Waals surface area contributed by atoms with Gasteiger partial charge in [-0.2, -0.15) is 0 Å². The lowest BCUT2D eigenvalue weighted by molar-refractivity contribution is -0.386. The first-order valence-electron chi connectivity index (χ1n) is 14.1. The first-order valence-corrected chi connectivity index (χ1v) is 14.1. The van der Waals surface area contributed by atoms with E-state index in [0.717, 1.165) is 16.6 Å². The van der Waals surface area contributed by atoms with Gasteiger partial charge >= 0.3 is 18.8 Å². The topological polar surface area (TPSA) is 106 Å². The van der Waals surface area contributed by atoms with Crippen molar-refractivity contribution in [3.8, 4) is 11.5 Å². The minimum absolute atomic E-state index is 0.0664. The molecule has 0 amide bonds. The molecule has 2 atom stereocenters. The summed E-state index contributed by atoms with van der Waals surface area (Å²) in [5, 5.41) is 11.9. The van der Waals surface area contributed by atoms with Crippen LogP contribution < -0.4 is 14.9 Å². The number of nitro groups is 1. The highest BCUT2D eigenvalue weighted by Crippen LogP contribution is 2.38. The molecule has 3 aromatic carbocycles.